The summed E-state index contributed by atoms with van der Waals surface area (Å²) in [5, 5.41) is 13.9. The maximum absolute atomic E-state index is 9.71. The Morgan fingerprint density at radius 1 is 1.14 bits per heavy atom. The normalized spacial score (nSPS) is 10.5. The van der Waals surface area contributed by atoms with Crippen LogP contribution in [0.2, 0.25) is 0 Å². The number of phenolic OH excluding ortho intramolecular Hbond substituents is 1. The number of benzene rings is 2. The van der Waals surface area contributed by atoms with Gasteiger partial charge < -0.3 is 20.9 Å². The van der Waals surface area contributed by atoms with Crippen LogP contribution in [-0.2, 0) is 0 Å². The van der Waals surface area contributed by atoms with Crippen LogP contribution in [0.3, 0.4) is 0 Å². The average Bonchev–Trinajstić information content (AvgIpc) is 2.47. The van der Waals surface area contributed by atoms with Crippen molar-refractivity contribution in [2.24, 2.45) is 0 Å². The minimum absolute atomic E-state index is 0.134. The minimum Gasteiger partial charge on any atom is -0.508 e. The van der Waals surface area contributed by atoms with Crippen molar-refractivity contribution in [3.8, 4) is 11.5 Å². The Morgan fingerprint density at radius 2 is 2.00 bits per heavy atom. The first-order chi connectivity index (χ1) is 10.2. The first kappa shape index (κ1) is 13.1. The standard InChI is InChI=1S/C16H15N3O2/c1-21-13-8-11(7-12(20)9-13)19-16-4-5-18-15-3-2-10(17)6-14(15)16/h2-9,20H,17H2,1H3,(H,18,19). The predicted molar refractivity (Wildman–Crippen MR) is 84.1 cm³/mol. The second-order valence-electron chi connectivity index (χ2n) is 4.68. The molecule has 0 aliphatic carbocycles. The number of hydrogen-bond donors (Lipinski definition) is 3. The van der Waals surface area contributed by atoms with E-state index in [-0.39, 0.29) is 5.75 Å². The molecule has 0 amide bonds. The second-order valence-corrected chi connectivity index (χ2v) is 4.68. The number of hydrogen-bond acceptors (Lipinski definition) is 5. The third-order valence-electron chi connectivity index (χ3n) is 3.17. The average molecular weight is 281 g/mol. The molecule has 0 aliphatic heterocycles. The third-order valence-corrected chi connectivity index (χ3v) is 3.17. The number of aromatic nitrogens is 1. The second kappa shape index (κ2) is 5.20. The fourth-order valence-corrected chi connectivity index (χ4v) is 2.20. The summed E-state index contributed by atoms with van der Waals surface area (Å²) >= 11 is 0. The highest BCUT2D eigenvalue weighted by molar-refractivity contribution is 5.94. The van der Waals surface area contributed by atoms with E-state index in [9.17, 15) is 5.11 Å². The SMILES string of the molecule is COc1cc(O)cc(Nc2ccnc3ccc(N)cc23)c1. The van der Waals surface area contributed by atoms with Gasteiger partial charge in [0.15, 0.2) is 0 Å². The van der Waals surface area contributed by atoms with Gasteiger partial charge in [-0.15, -0.1) is 0 Å². The third kappa shape index (κ3) is 2.67. The van der Waals surface area contributed by atoms with Crippen LogP contribution < -0.4 is 15.8 Å². The quantitative estimate of drug-likeness (QED) is 0.642. The number of phenols is 1. The van der Waals surface area contributed by atoms with Gasteiger partial charge in [0.1, 0.15) is 11.5 Å². The van der Waals surface area contributed by atoms with Crippen LogP contribution in [-0.4, -0.2) is 17.2 Å². The molecule has 5 heteroatoms. The van der Waals surface area contributed by atoms with Gasteiger partial charge >= 0.3 is 0 Å². The van der Waals surface area contributed by atoms with Gasteiger partial charge in [0, 0.05) is 46.8 Å². The lowest BCUT2D eigenvalue weighted by Gasteiger charge is -2.11. The van der Waals surface area contributed by atoms with Gasteiger partial charge in [0.05, 0.1) is 12.6 Å². The molecular formula is C16H15N3O2. The number of methoxy groups -OCH3 is 1. The van der Waals surface area contributed by atoms with E-state index >= 15 is 0 Å². The molecule has 0 aliphatic rings. The lowest BCUT2D eigenvalue weighted by molar-refractivity contribution is 0.408. The largest absolute Gasteiger partial charge is 0.508 e. The molecular weight excluding hydrogens is 266 g/mol. The van der Waals surface area contributed by atoms with E-state index in [1.165, 1.54) is 0 Å². The lowest BCUT2D eigenvalue weighted by atomic mass is 10.1. The minimum atomic E-state index is 0.134. The molecule has 3 rings (SSSR count). The summed E-state index contributed by atoms with van der Waals surface area (Å²) in [5.74, 6) is 0.713. The van der Waals surface area contributed by atoms with Crippen molar-refractivity contribution in [3.63, 3.8) is 0 Å². The Kier molecular flexibility index (Phi) is 3.23. The molecule has 0 atom stereocenters. The summed E-state index contributed by atoms with van der Waals surface area (Å²) in [4.78, 5) is 4.31. The molecule has 1 aromatic heterocycles. The predicted octanol–water partition coefficient (Wildman–Crippen LogP) is 3.27. The first-order valence-corrected chi connectivity index (χ1v) is 6.45. The Morgan fingerprint density at radius 3 is 2.81 bits per heavy atom. The number of fused-ring (bicyclic) bond motifs is 1. The van der Waals surface area contributed by atoms with Crippen LogP contribution in [0, 0.1) is 0 Å². The van der Waals surface area contributed by atoms with Gasteiger partial charge in [0.25, 0.3) is 0 Å². The van der Waals surface area contributed by atoms with E-state index in [0.29, 0.717) is 11.4 Å². The van der Waals surface area contributed by atoms with Crippen molar-refractivity contribution in [1.29, 1.82) is 0 Å². The van der Waals surface area contributed by atoms with Crippen molar-refractivity contribution in [1.82, 2.24) is 4.98 Å². The Balaban J connectivity index is 2.05. The molecule has 0 saturated carbocycles. The molecule has 4 N–H and O–H groups in total. The lowest BCUT2D eigenvalue weighted by Crippen LogP contribution is -1.94. The van der Waals surface area contributed by atoms with Crippen LogP contribution in [0.4, 0.5) is 17.1 Å². The van der Waals surface area contributed by atoms with E-state index in [0.717, 1.165) is 22.3 Å². The van der Waals surface area contributed by atoms with Crippen molar-refractivity contribution >= 4 is 28.0 Å². The maximum atomic E-state index is 9.71. The van der Waals surface area contributed by atoms with E-state index in [1.807, 2.05) is 24.3 Å². The number of ether oxygens (including phenoxy) is 1. The number of anilines is 3. The Hall–Kier alpha value is -2.95. The zero-order chi connectivity index (χ0) is 14.8. The van der Waals surface area contributed by atoms with E-state index in [1.54, 1.807) is 31.5 Å². The number of nitrogen functional groups attached to an aromatic ring is 1. The molecule has 0 bridgehead atoms. The molecule has 1 heterocycles. The highest BCUT2D eigenvalue weighted by atomic mass is 16.5. The molecule has 21 heavy (non-hydrogen) atoms. The van der Waals surface area contributed by atoms with Crippen molar-refractivity contribution < 1.29 is 9.84 Å². The van der Waals surface area contributed by atoms with Gasteiger partial charge in [-0.3, -0.25) is 4.98 Å². The molecule has 0 spiro atoms. The van der Waals surface area contributed by atoms with Crippen LogP contribution in [0.5, 0.6) is 11.5 Å². The van der Waals surface area contributed by atoms with Gasteiger partial charge in [-0.25, -0.2) is 0 Å². The zero-order valence-electron chi connectivity index (χ0n) is 11.5. The summed E-state index contributed by atoms with van der Waals surface area (Å²) in [6, 6.07) is 12.4. The van der Waals surface area contributed by atoms with Gasteiger partial charge in [-0.2, -0.15) is 0 Å². The summed E-state index contributed by atoms with van der Waals surface area (Å²) in [6.45, 7) is 0. The van der Waals surface area contributed by atoms with Crippen LogP contribution in [0.1, 0.15) is 0 Å². The molecule has 0 unspecified atom stereocenters. The number of aromatic hydroxyl groups is 1. The highest BCUT2D eigenvalue weighted by Gasteiger charge is 2.05. The van der Waals surface area contributed by atoms with Gasteiger partial charge in [-0.1, -0.05) is 0 Å². The maximum Gasteiger partial charge on any atom is 0.124 e. The molecule has 106 valence electrons. The van der Waals surface area contributed by atoms with Crippen molar-refractivity contribution in [3.05, 3.63) is 48.7 Å². The fourth-order valence-electron chi connectivity index (χ4n) is 2.20. The molecule has 2 aromatic carbocycles. The van der Waals surface area contributed by atoms with Gasteiger partial charge in [0.2, 0.25) is 0 Å². The number of pyridine rings is 1. The van der Waals surface area contributed by atoms with E-state index in [4.69, 9.17) is 10.5 Å². The van der Waals surface area contributed by atoms with Crippen molar-refractivity contribution in [2.75, 3.05) is 18.2 Å². The molecule has 0 radical (unpaired) electrons. The summed E-state index contributed by atoms with van der Waals surface area (Å²) in [7, 11) is 1.56. The first-order valence-electron chi connectivity index (χ1n) is 6.45. The van der Waals surface area contributed by atoms with Crippen LogP contribution >= 0.6 is 0 Å². The summed E-state index contributed by atoms with van der Waals surface area (Å²) < 4.78 is 5.15. The fraction of sp³-hybridized carbons (Fsp3) is 0.0625. The van der Waals surface area contributed by atoms with E-state index in [2.05, 4.69) is 10.3 Å². The Bertz CT molecular complexity index is 803. The molecule has 0 saturated heterocycles. The van der Waals surface area contributed by atoms with Gasteiger partial charge in [-0.05, 0) is 24.3 Å². The topological polar surface area (TPSA) is 80.4 Å². The van der Waals surface area contributed by atoms with Crippen LogP contribution in [0.15, 0.2) is 48.7 Å². The van der Waals surface area contributed by atoms with Crippen LogP contribution in [0.25, 0.3) is 10.9 Å². The van der Waals surface area contributed by atoms with Crippen molar-refractivity contribution in [2.45, 2.75) is 0 Å². The summed E-state index contributed by atoms with van der Waals surface area (Å²) in [6.07, 6.45) is 1.72. The monoisotopic (exact) mass is 281 g/mol. The Labute approximate surface area is 122 Å². The summed E-state index contributed by atoms with van der Waals surface area (Å²) in [5.41, 5.74) is 8.95. The smallest absolute Gasteiger partial charge is 0.124 e. The van der Waals surface area contributed by atoms with E-state index < -0.39 is 0 Å². The molecule has 3 aromatic rings. The number of nitrogens with two attached hydrogens (primary N) is 1. The number of nitrogens with one attached hydrogen (secondary N) is 1. The molecule has 0 fully saturated rings. The molecule has 5 nitrogen and oxygen atoms in total. The highest BCUT2D eigenvalue weighted by Crippen LogP contribution is 2.30. The number of nitrogens with zero attached hydrogens (tertiary/aromatic N) is 1. The zero-order valence-corrected chi connectivity index (χ0v) is 11.5. The number of rotatable bonds is 3.